The van der Waals surface area contributed by atoms with Crippen LogP contribution < -0.4 is 10.6 Å². The summed E-state index contributed by atoms with van der Waals surface area (Å²) in [5, 5.41) is 3.23. The van der Waals surface area contributed by atoms with Crippen molar-refractivity contribution in [2.45, 2.75) is 12.8 Å². The van der Waals surface area contributed by atoms with E-state index in [4.69, 9.17) is 0 Å². The number of benzene rings is 2. The van der Waals surface area contributed by atoms with Gasteiger partial charge in [-0.2, -0.15) is 0 Å². The van der Waals surface area contributed by atoms with E-state index >= 15 is 0 Å². The summed E-state index contributed by atoms with van der Waals surface area (Å²) in [5.74, 6) is 0. The summed E-state index contributed by atoms with van der Waals surface area (Å²) in [6.45, 7) is 0. The Morgan fingerprint density at radius 2 is 0.944 bits per heavy atom. The summed E-state index contributed by atoms with van der Waals surface area (Å²) >= 11 is 0. The molecule has 18 heavy (non-hydrogen) atoms. The fraction of sp³-hybridized carbons (Fsp3) is 0.250. The van der Waals surface area contributed by atoms with Crippen molar-refractivity contribution in [3.63, 3.8) is 0 Å². The first-order chi connectivity index (χ1) is 8.95. The Morgan fingerprint density at radius 3 is 1.33 bits per heavy atom. The van der Waals surface area contributed by atoms with Crippen LogP contribution in [0.1, 0.15) is 12.8 Å². The van der Waals surface area contributed by atoms with Crippen LogP contribution in [0.3, 0.4) is 0 Å². The Hall–Kier alpha value is -0.700. The van der Waals surface area contributed by atoms with Crippen molar-refractivity contribution in [2.75, 3.05) is 12.3 Å². The molecule has 1 fully saturated rings. The second-order valence-electron chi connectivity index (χ2n) is 4.62. The third kappa shape index (κ3) is 2.66. The summed E-state index contributed by atoms with van der Waals surface area (Å²) in [5.41, 5.74) is 0. The molecule has 2 unspecified atom stereocenters. The van der Waals surface area contributed by atoms with E-state index in [1.54, 1.807) is 10.6 Å². The zero-order chi connectivity index (χ0) is 12.2. The fourth-order valence-electron chi connectivity index (χ4n) is 2.50. The van der Waals surface area contributed by atoms with Gasteiger partial charge in [0, 0.05) is 0 Å². The Labute approximate surface area is 112 Å². The maximum atomic E-state index is 2.34. The van der Waals surface area contributed by atoms with Gasteiger partial charge < -0.3 is 0 Å². The van der Waals surface area contributed by atoms with Crippen LogP contribution in [0, 0.1) is 0 Å². The molecule has 0 amide bonds. The van der Waals surface area contributed by atoms with E-state index in [1.165, 1.54) is 25.2 Å². The molecule has 0 bridgehead atoms. The van der Waals surface area contributed by atoms with Gasteiger partial charge in [0.25, 0.3) is 0 Å². The molecule has 3 rings (SSSR count). The SMILES string of the molecule is c1ccc(P2CCCCP2c2ccccc2)cc1. The number of hydrogen-bond donors (Lipinski definition) is 0. The van der Waals surface area contributed by atoms with Crippen molar-refractivity contribution in [1.29, 1.82) is 0 Å². The minimum absolute atomic E-state index is 0.0583. The molecule has 0 nitrogen and oxygen atoms in total. The maximum Gasteiger partial charge on any atom is -0.0193 e. The van der Waals surface area contributed by atoms with Gasteiger partial charge >= 0.3 is 0 Å². The first-order valence-corrected chi connectivity index (χ1v) is 10.4. The van der Waals surface area contributed by atoms with Crippen LogP contribution in [-0.4, -0.2) is 12.3 Å². The van der Waals surface area contributed by atoms with Gasteiger partial charge in [0.05, 0.1) is 0 Å². The lowest BCUT2D eigenvalue weighted by Gasteiger charge is -2.33. The summed E-state index contributed by atoms with van der Waals surface area (Å²) in [6.07, 6.45) is 5.71. The molecule has 0 aliphatic carbocycles. The number of hydrogen-bond acceptors (Lipinski definition) is 0. The third-order valence-electron chi connectivity index (χ3n) is 3.39. The molecule has 1 saturated heterocycles. The highest BCUT2D eigenvalue weighted by atomic mass is 32.1. The summed E-state index contributed by atoms with van der Waals surface area (Å²) in [4.78, 5) is 0. The molecule has 2 aromatic rings. The van der Waals surface area contributed by atoms with Crippen LogP contribution in [0.4, 0.5) is 0 Å². The molecule has 2 heteroatoms. The largest absolute Gasteiger partial charge is 0.0622 e. The lowest BCUT2D eigenvalue weighted by molar-refractivity contribution is 0.895. The van der Waals surface area contributed by atoms with E-state index < -0.39 is 0 Å². The van der Waals surface area contributed by atoms with Gasteiger partial charge in [0.2, 0.25) is 0 Å². The van der Waals surface area contributed by atoms with Crippen molar-refractivity contribution in [1.82, 2.24) is 0 Å². The predicted molar refractivity (Wildman–Crippen MR) is 85.0 cm³/mol. The molecular weight excluding hydrogens is 254 g/mol. The zero-order valence-corrected chi connectivity index (χ0v) is 12.3. The highest BCUT2D eigenvalue weighted by Gasteiger charge is 2.26. The monoisotopic (exact) mass is 272 g/mol. The molecule has 1 aliphatic heterocycles. The Kier molecular flexibility index (Phi) is 4.09. The summed E-state index contributed by atoms with van der Waals surface area (Å²) in [6, 6.07) is 22.4. The second-order valence-corrected chi connectivity index (χ2v) is 11.0. The third-order valence-corrected chi connectivity index (χ3v) is 11.6. The smallest absolute Gasteiger partial charge is 0.0193 e. The minimum atomic E-state index is 0.0583. The van der Waals surface area contributed by atoms with E-state index in [1.807, 2.05) is 0 Å². The Balaban J connectivity index is 1.92. The molecule has 1 heterocycles. The van der Waals surface area contributed by atoms with Crippen LogP contribution in [-0.2, 0) is 0 Å². The maximum absolute atomic E-state index is 2.34. The van der Waals surface area contributed by atoms with Crippen molar-refractivity contribution < 1.29 is 0 Å². The van der Waals surface area contributed by atoms with E-state index in [-0.39, 0.29) is 15.2 Å². The van der Waals surface area contributed by atoms with Crippen molar-refractivity contribution >= 4 is 25.8 Å². The van der Waals surface area contributed by atoms with Gasteiger partial charge in [-0.05, 0) is 51.0 Å². The summed E-state index contributed by atoms with van der Waals surface area (Å²) < 4.78 is 0. The van der Waals surface area contributed by atoms with Crippen LogP contribution in [0.2, 0.25) is 0 Å². The average molecular weight is 272 g/mol. The van der Waals surface area contributed by atoms with Crippen LogP contribution in [0.25, 0.3) is 0 Å². The highest BCUT2D eigenvalue weighted by molar-refractivity contribution is 8.35. The quantitative estimate of drug-likeness (QED) is 0.715. The van der Waals surface area contributed by atoms with Crippen molar-refractivity contribution in [3.8, 4) is 0 Å². The highest BCUT2D eigenvalue weighted by Crippen LogP contribution is 2.69. The van der Waals surface area contributed by atoms with Crippen molar-refractivity contribution in [3.05, 3.63) is 60.7 Å². The first-order valence-electron chi connectivity index (χ1n) is 6.60. The fourth-order valence-corrected chi connectivity index (χ4v) is 10.9. The van der Waals surface area contributed by atoms with E-state index in [2.05, 4.69) is 60.7 Å². The molecule has 2 atom stereocenters. The zero-order valence-electron chi connectivity index (χ0n) is 10.5. The Morgan fingerprint density at radius 1 is 0.556 bits per heavy atom. The van der Waals surface area contributed by atoms with Crippen LogP contribution in [0.5, 0.6) is 0 Å². The lowest BCUT2D eigenvalue weighted by Crippen LogP contribution is -2.13. The molecule has 0 radical (unpaired) electrons. The van der Waals surface area contributed by atoms with Crippen LogP contribution >= 0.6 is 15.2 Å². The molecule has 0 N–H and O–H groups in total. The summed E-state index contributed by atoms with van der Waals surface area (Å²) in [7, 11) is 0.117. The normalized spacial score (nSPS) is 23.8. The second kappa shape index (κ2) is 5.96. The Bertz CT molecular complexity index is 433. The van der Waals surface area contributed by atoms with E-state index in [0.29, 0.717) is 0 Å². The molecule has 92 valence electrons. The minimum Gasteiger partial charge on any atom is -0.0622 e. The van der Waals surface area contributed by atoms with Gasteiger partial charge in [0.15, 0.2) is 0 Å². The molecular formula is C16H18P2. The number of rotatable bonds is 2. The molecule has 2 aromatic carbocycles. The van der Waals surface area contributed by atoms with Gasteiger partial charge in [0.1, 0.15) is 0 Å². The van der Waals surface area contributed by atoms with Crippen molar-refractivity contribution in [2.24, 2.45) is 0 Å². The molecule has 0 spiro atoms. The van der Waals surface area contributed by atoms with Gasteiger partial charge in [-0.1, -0.05) is 60.7 Å². The lowest BCUT2D eigenvalue weighted by atomic mass is 10.4. The molecule has 0 saturated carbocycles. The first kappa shape index (κ1) is 12.3. The predicted octanol–water partition coefficient (Wildman–Crippen LogP) is 4.31. The van der Waals surface area contributed by atoms with Gasteiger partial charge in [-0.25, -0.2) is 0 Å². The van der Waals surface area contributed by atoms with Gasteiger partial charge in [-0.15, -0.1) is 0 Å². The standard InChI is InChI=1S/C16H18P2/c1-3-9-15(10-4-1)17-13-7-8-14-18(17)16-11-5-2-6-12-16/h1-6,9-12H,7-8,13-14H2. The van der Waals surface area contributed by atoms with E-state index in [9.17, 15) is 0 Å². The van der Waals surface area contributed by atoms with Crippen LogP contribution in [0.15, 0.2) is 60.7 Å². The topological polar surface area (TPSA) is 0 Å². The van der Waals surface area contributed by atoms with E-state index in [0.717, 1.165) is 0 Å². The molecule has 0 aromatic heterocycles. The molecule has 1 aliphatic rings. The van der Waals surface area contributed by atoms with Gasteiger partial charge in [-0.3, -0.25) is 0 Å². The average Bonchev–Trinajstić information content (AvgIpc) is 2.49.